The van der Waals surface area contributed by atoms with Gasteiger partial charge in [0, 0.05) is 26.2 Å². The van der Waals surface area contributed by atoms with E-state index in [0.717, 1.165) is 43.3 Å². The van der Waals surface area contributed by atoms with Crippen molar-refractivity contribution in [1.82, 2.24) is 15.1 Å². The molecule has 1 N–H and O–H groups in total. The van der Waals surface area contributed by atoms with Gasteiger partial charge in [-0.3, -0.25) is 4.99 Å². The van der Waals surface area contributed by atoms with Gasteiger partial charge in [-0.25, -0.2) is 4.79 Å². The number of ether oxygens (including phenoxy) is 1. The third kappa shape index (κ3) is 3.94. The molecule has 29 heavy (non-hydrogen) atoms. The van der Waals surface area contributed by atoms with Gasteiger partial charge in [-0.05, 0) is 56.1 Å². The van der Waals surface area contributed by atoms with Crippen LogP contribution in [0.5, 0.6) is 0 Å². The van der Waals surface area contributed by atoms with Crippen molar-refractivity contribution in [3.8, 4) is 0 Å². The minimum absolute atomic E-state index is 0. The molecule has 0 aromatic heterocycles. The first-order valence-corrected chi connectivity index (χ1v) is 10.5. The molecule has 4 aliphatic rings. The zero-order valence-corrected chi connectivity index (χ0v) is 19.8. The van der Waals surface area contributed by atoms with Gasteiger partial charge in [-0.15, -0.1) is 24.0 Å². The Morgan fingerprint density at radius 2 is 2.07 bits per heavy atom. The Balaban J connectivity index is 0.00000205. The average Bonchev–Trinajstić information content (AvgIpc) is 3.00. The van der Waals surface area contributed by atoms with Gasteiger partial charge in [0.25, 0.3) is 0 Å². The molecule has 2 fully saturated rings. The zero-order chi connectivity index (χ0) is 19.5. The molecule has 7 heteroatoms. The molecular formula is C22H31IN4O2. The number of amides is 1. The van der Waals surface area contributed by atoms with Crippen molar-refractivity contribution in [2.24, 2.45) is 16.8 Å². The summed E-state index contributed by atoms with van der Waals surface area (Å²) in [6.07, 6.45) is 1.02. The lowest BCUT2D eigenvalue weighted by atomic mass is 10.0. The number of hydrogen-bond donors (Lipinski definition) is 1. The number of rotatable bonds is 2. The number of carbonyl (C=O) groups is 1. The number of fused-ring (bicyclic) bond motifs is 4. The molecule has 4 atom stereocenters. The number of benzene rings is 1. The third-order valence-corrected chi connectivity index (χ3v) is 6.56. The van der Waals surface area contributed by atoms with Crippen LogP contribution in [0.2, 0.25) is 0 Å². The fourth-order valence-corrected chi connectivity index (χ4v) is 5.19. The molecule has 2 aliphatic heterocycles. The quantitative estimate of drug-likeness (QED) is 0.622. The maximum Gasteiger partial charge on any atom is 0.410 e. The maximum absolute atomic E-state index is 12.4. The van der Waals surface area contributed by atoms with E-state index in [1.165, 1.54) is 6.42 Å². The maximum atomic E-state index is 12.4. The summed E-state index contributed by atoms with van der Waals surface area (Å²) >= 11 is 0. The molecule has 1 amide bonds. The SMILES string of the molecule is CC(C)(C)OC(=O)N1CCN2C(NCC3C4Cc5ccccc5C34)=NCC2C1.I. The first-order valence-electron chi connectivity index (χ1n) is 10.5. The monoisotopic (exact) mass is 510 g/mol. The van der Waals surface area contributed by atoms with E-state index in [9.17, 15) is 4.79 Å². The van der Waals surface area contributed by atoms with Gasteiger partial charge >= 0.3 is 6.09 Å². The van der Waals surface area contributed by atoms with Crippen molar-refractivity contribution < 1.29 is 9.53 Å². The lowest BCUT2D eigenvalue weighted by Gasteiger charge is -2.39. The first kappa shape index (κ1) is 20.8. The van der Waals surface area contributed by atoms with Crippen molar-refractivity contribution in [2.75, 3.05) is 32.7 Å². The minimum atomic E-state index is -0.450. The highest BCUT2D eigenvalue weighted by atomic mass is 127. The topological polar surface area (TPSA) is 57.2 Å². The Hall–Kier alpha value is -1.51. The highest BCUT2D eigenvalue weighted by Crippen LogP contribution is 2.60. The Morgan fingerprint density at radius 3 is 2.86 bits per heavy atom. The van der Waals surface area contributed by atoms with Gasteiger partial charge in [0.2, 0.25) is 0 Å². The lowest BCUT2D eigenvalue weighted by molar-refractivity contribution is 0.0137. The second kappa shape index (κ2) is 7.63. The Bertz CT molecular complexity index is 821. The van der Waals surface area contributed by atoms with Crippen LogP contribution in [0.3, 0.4) is 0 Å². The summed E-state index contributed by atoms with van der Waals surface area (Å²) in [6, 6.07) is 9.17. The van der Waals surface area contributed by atoms with Crippen LogP contribution in [-0.4, -0.2) is 66.2 Å². The molecule has 2 aliphatic carbocycles. The number of halogens is 1. The lowest BCUT2D eigenvalue weighted by Crippen LogP contribution is -2.57. The largest absolute Gasteiger partial charge is 0.444 e. The predicted molar refractivity (Wildman–Crippen MR) is 124 cm³/mol. The fourth-order valence-electron chi connectivity index (χ4n) is 5.19. The van der Waals surface area contributed by atoms with Gasteiger partial charge in [0.1, 0.15) is 5.60 Å². The molecule has 4 unspecified atom stereocenters. The van der Waals surface area contributed by atoms with Gasteiger partial charge < -0.3 is 19.9 Å². The molecule has 0 radical (unpaired) electrons. The smallest absolute Gasteiger partial charge is 0.410 e. The van der Waals surface area contributed by atoms with Gasteiger partial charge in [0.05, 0.1) is 12.6 Å². The van der Waals surface area contributed by atoms with Crippen LogP contribution >= 0.6 is 24.0 Å². The van der Waals surface area contributed by atoms with E-state index in [4.69, 9.17) is 9.73 Å². The molecule has 1 saturated heterocycles. The van der Waals surface area contributed by atoms with Crippen molar-refractivity contribution >= 4 is 36.0 Å². The first-order chi connectivity index (χ1) is 13.4. The summed E-state index contributed by atoms with van der Waals surface area (Å²) in [5, 5.41) is 3.63. The van der Waals surface area contributed by atoms with Gasteiger partial charge in [-0.1, -0.05) is 24.3 Å². The Morgan fingerprint density at radius 1 is 1.28 bits per heavy atom. The molecule has 0 bridgehead atoms. The summed E-state index contributed by atoms with van der Waals surface area (Å²) < 4.78 is 5.53. The standard InChI is InChI=1S/C22H30N4O2.HI/c1-22(2,3)28-21(27)25-8-9-26-15(13-25)11-23-20(26)24-12-18-17-10-14-6-4-5-7-16(14)19(17)18;/h4-7,15,17-19H,8-13H2,1-3H3,(H,23,24);1H. The van der Waals surface area contributed by atoms with Crippen LogP contribution in [-0.2, 0) is 11.2 Å². The fraction of sp³-hybridized carbons (Fsp3) is 0.636. The van der Waals surface area contributed by atoms with Gasteiger partial charge in [-0.2, -0.15) is 0 Å². The van der Waals surface area contributed by atoms with E-state index in [1.807, 2.05) is 25.7 Å². The molecule has 5 rings (SSSR count). The van der Waals surface area contributed by atoms with E-state index >= 15 is 0 Å². The highest BCUT2D eigenvalue weighted by molar-refractivity contribution is 14.0. The van der Waals surface area contributed by atoms with E-state index in [1.54, 1.807) is 11.1 Å². The van der Waals surface area contributed by atoms with Crippen LogP contribution in [0.25, 0.3) is 0 Å². The molecule has 0 spiro atoms. The van der Waals surface area contributed by atoms with E-state index in [2.05, 4.69) is 34.5 Å². The van der Waals surface area contributed by atoms with Crippen LogP contribution < -0.4 is 5.32 Å². The van der Waals surface area contributed by atoms with Crippen LogP contribution in [0, 0.1) is 11.8 Å². The third-order valence-electron chi connectivity index (χ3n) is 6.56. The molecule has 2 heterocycles. The number of nitrogens with one attached hydrogen (secondary N) is 1. The van der Waals surface area contributed by atoms with Crippen LogP contribution in [0.15, 0.2) is 29.3 Å². The number of nitrogens with zero attached hydrogens (tertiary/aromatic N) is 3. The zero-order valence-electron chi connectivity index (χ0n) is 17.4. The Kier molecular flexibility index (Phi) is 5.46. The Labute approximate surface area is 190 Å². The second-order valence-corrected chi connectivity index (χ2v) is 9.58. The van der Waals surface area contributed by atoms with E-state index in [-0.39, 0.29) is 36.1 Å². The van der Waals surface area contributed by atoms with Crippen LogP contribution in [0.1, 0.15) is 37.8 Å². The summed E-state index contributed by atoms with van der Waals surface area (Å²) in [5.74, 6) is 3.31. The minimum Gasteiger partial charge on any atom is -0.444 e. The molecule has 1 saturated carbocycles. The van der Waals surface area contributed by atoms with E-state index in [0.29, 0.717) is 13.1 Å². The number of carbonyl (C=O) groups excluding carboxylic acids is 1. The summed E-state index contributed by atoms with van der Waals surface area (Å²) in [4.78, 5) is 21.3. The van der Waals surface area contributed by atoms with Crippen molar-refractivity contribution in [2.45, 2.75) is 44.8 Å². The molecule has 1 aromatic carbocycles. The molecule has 158 valence electrons. The summed E-state index contributed by atoms with van der Waals surface area (Å²) in [7, 11) is 0. The summed E-state index contributed by atoms with van der Waals surface area (Å²) in [5.41, 5.74) is 2.66. The second-order valence-electron chi connectivity index (χ2n) is 9.58. The molecular weight excluding hydrogens is 479 g/mol. The highest BCUT2D eigenvalue weighted by Gasteiger charge is 2.55. The summed E-state index contributed by atoms with van der Waals surface area (Å²) in [6.45, 7) is 9.67. The number of aliphatic imine (C=N–C) groups is 1. The number of hydrogen-bond acceptors (Lipinski definition) is 5. The van der Waals surface area contributed by atoms with Crippen molar-refractivity contribution in [3.05, 3.63) is 35.4 Å². The van der Waals surface area contributed by atoms with E-state index < -0.39 is 5.60 Å². The van der Waals surface area contributed by atoms with Gasteiger partial charge in [0.15, 0.2) is 5.96 Å². The van der Waals surface area contributed by atoms with Crippen molar-refractivity contribution in [1.29, 1.82) is 0 Å². The van der Waals surface area contributed by atoms with Crippen LogP contribution in [0.4, 0.5) is 4.79 Å². The number of piperazine rings is 1. The molecule has 1 aromatic rings. The predicted octanol–water partition coefficient (Wildman–Crippen LogP) is 3.07. The number of guanidine groups is 1. The molecule has 6 nitrogen and oxygen atoms in total. The average molecular weight is 510 g/mol. The normalized spacial score (nSPS) is 29.3. The van der Waals surface area contributed by atoms with Crippen molar-refractivity contribution in [3.63, 3.8) is 0 Å².